The number of carbonyl (C=O) groups excluding carboxylic acids is 4. The number of esters is 4. The van der Waals surface area contributed by atoms with Crippen molar-refractivity contribution >= 4 is 35.3 Å². The second-order valence-electron chi connectivity index (χ2n) is 9.27. The van der Waals surface area contributed by atoms with Gasteiger partial charge in [-0.15, -0.1) is 0 Å². The predicted octanol–water partition coefficient (Wildman–Crippen LogP) is 3.79. The zero-order chi connectivity index (χ0) is 32.2. The summed E-state index contributed by atoms with van der Waals surface area (Å²) in [5.74, 6) is -0.833. The van der Waals surface area contributed by atoms with E-state index in [-0.39, 0.29) is 52.6 Å². The summed E-state index contributed by atoms with van der Waals surface area (Å²) in [6.07, 6.45) is 1.28. The lowest BCUT2D eigenvalue weighted by Crippen LogP contribution is -2.36. The summed E-state index contributed by atoms with van der Waals surface area (Å²) in [5.41, 5.74) is 1.14. The average Bonchev–Trinajstić information content (AvgIpc) is 2.99. The largest absolute Gasteiger partial charge is 0.491 e. The van der Waals surface area contributed by atoms with Crippen molar-refractivity contribution in [2.75, 3.05) is 75.6 Å². The minimum absolute atomic E-state index is 0.135. The first-order valence-corrected chi connectivity index (χ1v) is 14.9. The molecule has 0 bridgehead atoms. The Labute approximate surface area is 259 Å². The van der Waals surface area contributed by atoms with Crippen LogP contribution in [0.1, 0.15) is 40.5 Å². The van der Waals surface area contributed by atoms with E-state index in [9.17, 15) is 19.2 Å². The van der Waals surface area contributed by atoms with Gasteiger partial charge in [0.2, 0.25) is 0 Å². The highest BCUT2D eigenvalue weighted by molar-refractivity contribution is 5.83. The first-order chi connectivity index (χ1) is 21.3. The van der Waals surface area contributed by atoms with Crippen LogP contribution in [0.4, 0.5) is 11.4 Å². The highest BCUT2D eigenvalue weighted by Crippen LogP contribution is 2.30. The second kappa shape index (κ2) is 20.4. The maximum Gasteiger partial charge on any atom is 0.325 e. The Bertz CT molecular complexity index is 1060. The normalized spacial score (nSPS) is 10.4. The van der Waals surface area contributed by atoms with Gasteiger partial charge in [0.25, 0.3) is 0 Å². The molecule has 0 N–H and O–H groups in total. The Morgan fingerprint density at radius 2 is 0.795 bits per heavy atom. The summed E-state index contributed by atoms with van der Waals surface area (Å²) in [4.78, 5) is 52.1. The molecule has 2 rings (SSSR count). The molecule has 0 aliphatic carbocycles. The molecule has 44 heavy (non-hydrogen) atoms. The van der Waals surface area contributed by atoms with Crippen molar-refractivity contribution in [1.82, 2.24) is 0 Å². The minimum Gasteiger partial charge on any atom is -0.491 e. The number of rotatable bonds is 21. The molecule has 0 saturated heterocycles. The zero-order valence-electron chi connectivity index (χ0n) is 26.1. The molecule has 0 aromatic heterocycles. The summed E-state index contributed by atoms with van der Waals surface area (Å²) in [6.45, 7) is 7.95. The molecule has 2 aromatic rings. The third-order valence-electron chi connectivity index (χ3n) is 5.97. The monoisotopic (exact) mass is 616 g/mol. The molecule has 12 heteroatoms. The van der Waals surface area contributed by atoms with Crippen molar-refractivity contribution in [3.63, 3.8) is 0 Å². The van der Waals surface area contributed by atoms with Crippen LogP contribution in [0, 0.1) is 0 Å². The van der Waals surface area contributed by atoms with Gasteiger partial charge in [-0.1, -0.05) is 24.3 Å². The molecule has 242 valence electrons. The summed E-state index contributed by atoms with van der Waals surface area (Å²) in [5, 5.41) is 0. The van der Waals surface area contributed by atoms with Gasteiger partial charge < -0.3 is 38.2 Å². The second-order valence-corrected chi connectivity index (χ2v) is 9.27. The van der Waals surface area contributed by atoms with Crippen LogP contribution in [0.25, 0.3) is 0 Å². The maximum absolute atomic E-state index is 12.2. The third-order valence-corrected chi connectivity index (χ3v) is 5.97. The van der Waals surface area contributed by atoms with Gasteiger partial charge in [-0.25, -0.2) is 0 Å². The van der Waals surface area contributed by atoms with Crippen LogP contribution in [0.5, 0.6) is 11.5 Å². The Hall–Kier alpha value is -4.48. The first kappa shape index (κ1) is 35.7. The lowest BCUT2D eigenvalue weighted by Gasteiger charge is -2.25. The summed E-state index contributed by atoms with van der Waals surface area (Å²) < 4.78 is 32.4. The number of ether oxygens (including phenoxy) is 6. The smallest absolute Gasteiger partial charge is 0.325 e. The fourth-order valence-electron chi connectivity index (χ4n) is 4.15. The van der Waals surface area contributed by atoms with Crippen LogP contribution < -0.4 is 19.3 Å². The van der Waals surface area contributed by atoms with Gasteiger partial charge in [0, 0.05) is 0 Å². The van der Waals surface area contributed by atoms with Gasteiger partial charge in [-0.05, 0) is 64.8 Å². The van der Waals surface area contributed by atoms with Crippen molar-refractivity contribution in [3.05, 3.63) is 48.5 Å². The van der Waals surface area contributed by atoms with Crippen molar-refractivity contribution in [3.8, 4) is 11.5 Å². The zero-order valence-corrected chi connectivity index (χ0v) is 26.1. The van der Waals surface area contributed by atoms with Gasteiger partial charge in [0.1, 0.15) is 37.7 Å². The number of para-hydroxylation sites is 4. The molecule has 0 aliphatic heterocycles. The molecule has 0 unspecified atom stereocenters. The van der Waals surface area contributed by atoms with Crippen LogP contribution in [-0.4, -0.2) is 89.7 Å². The molecule has 12 nitrogen and oxygen atoms in total. The van der Waals surface area contributed by atoms with E-state index < -0.39 is 23.9 Å². The Morgan fingerprint density at radius 3 is 1.09 bits per heavy atom. The van der Waals surface area contributed by atoms with E-state index in [0.29, 0.717) is 48.9 Å². The van der Waals surface area contributed by atoms with Crippen molar-refractivity contribution in [1.29, 1.82) is 0 Å². The van der Waals surface area contributed by atoms with Crippen LogP contribution in [0.2, 0.25) is 0 Å². The highest BCUT2D eigenvalue weighted by Gasteiger charge is 2.21. The summed E-state index contributed by atoms with van der Waals surface area (Å²) in [7, 11) is 0. The van der Waals surface area contributed by atoms with Crippen molar-refractivity contribution < 1.29 is 47.6 Å². The van der Waals surface area contributed by atoms with E-state index in [1.807, 2.05) is 12.1 Å². The molecule has 0 fully saturated rings. The standard InChI is InChI=1S/C32H44N2O10/c1-5-39-29(35)21-33(22-30(36)40-6-2)25-15-9-11-17-27(25)43-19-13-14-20-44-28-18-12-10-16-26(28)34(23-31(37)41-7-3)24-32(38)42-8-4/h9-12,15-18H,5-8,13-14,19-24H2,1-4H3. The first-order valence-electron chi connectivity index (χ1n) is 14.9. The fourth-order valence-corrected chi connectivity index (χ4v) is 4.15. The number of nitrogens with zero attached hydrogens (tertiary/aromatic N) is 2. The van der Waals surface area contributed by atoms with E-state index >= 15 is 0 Å². The van der Waals surface area contributed by atoms with Gasteiger partial charge in [0.15, 0.2) is 0 Å². The van der Waals surface area contributed by atoms with Gasteiger partial charge in [-0.3, -0.25) is 19.2 Å². The average molecular weight is 617 g/mol. The Kier molecular flexibility index (Phi) is 16.6. The molecular formula is C32H44N2O10. The number of hydrogen-bond donors (Lipinski definition) is 0. The van der Waals surface area contributed by atoms with Crippen LogP contribution in [-0.2, 0) is 38.1 Å². The number of hydrogen-bond acceptors (Lipinski definition) is 12. The van der Waals surface area contributed by atoms with Crippen LogP contribution in [0.3, 0.4) is 0 Å². The van der Waals surface area contributed by atoms with Crippen molar-refractivity contribution in [2.24, 2.45) is 0 Å². The summed E-state index contributed by atoms with van der Waals surface area (Å²) >= 11 is 0. The van der Waals surface area contributed by atoms with Crippen LogP contribution >= 0.6 is 0 Å². The lowest BCUT2D eigenvalue weighted by atomic mass is 10.2. The van der Waals surface area contributed by atoms with E-state index in [4.69, 9.17) is 28.4 Å². The van der Waals surface area contributed by atoms with Gasteiger partial charge in [-0.2, -0.15) is 0 Å². The summed E-state index contributed by atoms with van der Waals surface area (Å²) in [6, 6.07) is 14.3. The molecule has 0 saturated carbocycles. The predicted molar refractivity (Wildman–Crippen MR) is 164 cm³/mol. The molecular weight excluding hydrogens is 572 g/mol. The number of carbonyl (C=O) groups is 4. The minimum atomic E-state index is -0.466. The molecule has 2 aromatic carbocycles. The Balaban J connectivity index is 2.01. The van der Waals surface area contributed by atoms with Gasteiger partial charge in [0.05, 0.1) is 51.0 Å². The molecule has 0 atom stereocenters. The molecule has 0 spiro atoms. The fraction of sp³-hybridized carbons (Fsp3) is 0.500. The molecule has 0 amide bonds. The van der Waals surface area contributed by atoms with E-state index in [0.717, 1.165) is 0 Å². The van der Waals surface area contributed by atoms with E-state index in [1.54, 1.807) is 73.9 Å². The SMILES string of the molecule is CCOC(=O)CN(CC(=O)OCC)c1ccccc1OCCCCOc1ccccc1N(CC(=O)OCC)CC(=O)OCC. The number of anilines is 2. The van der Waals surface area contributed by atoms with Crippen molar-refractivity contribution in [2.45, 2.75) is 40.5 Å². The van der Waals surface area contributed by atoms with E-state index in [1.165, 1.54) is 0 Å². The highest BCUT2D eigenvalue weighted by atomic mass is 16.5. The molecule has 0 aliphatic rings. The maximum atomic E-state index is 12.2. The topological polar surface area (TPSA) is 130 Å². The molecule has 0 heterocycles. The van der Waals surface area contributed by atoms with E-state index in [2.05, 4.69) is 0 Å². The lowest BCUT2D eigenvalue weighted by molar-refractivity contribution is -0.144. The molecule has 0 radical (unpaired) electrons. The van der Waals surface area contributed by atoms with Gasteiger partial charge >= 0.3 is 23.9 Å². The quantitative estimate of drug-likeness (QED) is 0.115. The van der Waals surface area contributed by atoms with Crippen LogP contribution in [0.15, 0.2) is 48.5 Å². The number of unbranched alkanes of at least 4 members (excludes halogenated alkanes) is 1. The third kappa shape index (κ3) is 12.8. The number of benzene rings is 2. The Morgan fingerprint density at radius 1 is 0.500 bits per heavy atom.